The predicted molar refractivity (Wildman–Crippen MR) is 217 cm³/mol. The zero-order valence-electron chi connectivity index (χ0n) is 32.6. The van der Waals surface area contributed by atoms with Crippen LogP contribution in [0, 0.1) is 11.6 Å². The van der Waals surface area contributed by atoms with Crippen molar-refractivity contribution in [3.8, 4) is 11.5 Å². The van der Waals surface area contributed by atoms with Crippen molar-refractivity contribution >= 4 is 59.0 Å². The molecule has 0 unspecified atom stereocenters. The zero-order valence-corrected chi connectivity index (χ0v) is 34.3. The second-order valence-electron chi connectivity index (χ2n) is 13.3. The summed E-state index contributed by atoms with van der Waals surface area (Å²) in [6, 6.07) is 18.0. The molecule has 0 fully saturated rings. The molecular weight excluding hydrogens is 831 g/mol. The van der Waals surface area contributed by atoms with Crippen molar-refractivity contribution in [3.63, 3.8) is 0 Å². The molecule has 3 heterocycles. The summed E-state index contributed by atoms with van der Waals surface area (Å²) in [7, 11) is -3.92. The van der Waals surface area contributed by atoms with E-state index in [1.54, 1.807) is 72.3 Å². The summed E-state index contributed by atoms with van der Waals surface area (Å²) >= 11 is 0. The number of ketones is 1. The molecule has 0 atom stereocenters. The molecule has 0 aliphatic carbocycles. The van der Waals surface area contributed by atoms with E-state index >= 15 is 0 Å². The minimum absolute atomic E-state index is 0.0875. The lowest BCUT2D eigenvalue weighted by molar-refractivity contribution is 0.100. The quantitative estimate of drug-likeness (QED) is 0.0958. The molecule has 60 heavy (non-hydrogen) atoms. The highest BCUT2D eigenvalue weighted by molar-refractivity contribution is 7.93. The van der Waals surface area contributed by atoms with Crippen LogP contribution in [-0.2, 0) is 47.2 Å². The first-order chi connectivity index (χ1) is 28.5. The van der Waals surface area contributed by atoms with Gasteiger partial charge in [-0.05, 0) is 68.4 Å². The van der Waals surface area contributed by atoms with Gasteiger partial charge in [0.05, 0.1) is 65.9 Å². The highest BCUT2D eigenvalue weighted by Gasteiger charge is 2.26. The summed E-state index contributed by atoms with van der Waals surface area (Å²) in [6.07, 6.45) is 0.405. The van der Waals surface area contributed by atoms with Crippen LogP contribution in [0.25, 0.3) is 33.3 Å². The average molecular weight is 870 g/mol. The summed E-state index contributed by atoms with van der Waals surface area (Å²) in [5.41, 5.74) is 8.08. The van der Waals surface area contributed by atoms with Gasteiger partial charge in [-0.2, -0.15) is 19.0 Å². The van der Waals surface area contributed by atoms with Crippen molar-refractivity contribution in [2.75, 3.05) is 26.7 Å². The summed E-state index contributed by atoms with van der Waals surface area (Å²) < 4.78 is 116. The van der Waals surface area contributed by atoms with Crippen LogP contribution in [0.1, 0.15) is 47.6 Å². The fraction of sp³-hybridized carbons (Fsp3) is 0.256. The average Bonchev–Trinajstić information content (AvgIpc) is 3.98. The zero-order chi connectivity index (χ0) is 43.5. The third-order valence-corrected chi connectivity index (χ3v) is 13.0. The number of Topliss-reactive ketones (excluding diaryl/α,β-unsaturated/α-hetero) is 1. The summed E-state index contributed by atoms with van der Waals surface area (Å²) in [5.74, 6) is -3.23. The molecule has 2 N–H and O–H groups in total. The van der Waals surface area contributed by atoms with Crippen LogP contribution in [0.15, 0.2) is 89.6 Å². The van der Waals surface area contributed by atoms with E-state index in [0.717, 1.165) is 38.2 Å². The molecule has 0 spiro atoms. The second kappa shape index (κ2) is 17.6. The Bertz CT molecular complexity index is 2920. The number of aryl methyl sites for hydroxylation is 2. The van der Waals surface area contributed by atoms with E-state index in [2.05, 4.69) is 20.4 Å². The van der Waals surface area contributed by atoms with Crippen molar-refractivity contribution in [3.05, 3.63) is 119 Å². The van der Waals surface area contributed by atoms with Gasteiger partial charge in [-0.15, -0.1) is 10.2 Å². The van der Waals surface area contributed by atoms with Crippen molar-refractivity contribution in [2.45, 2.75) is 33.4 Å². The van der Waals surface area contributed by atoms with Crippen LogP contribution < -0.4 is 14.3 Å². The van der Waals surface area contributed by atoms with Crippen molar-refractivity contribution in [1.82, 2.24) is 29.8 Å². The molecule has 316 valence electrons. The Morgan fingerprint density at radius 2 is 1.23 bits per heavy atom. The smallest absolute Gasteiger partial charge is 0.314 e. The fourth-order valence-electron chi connectivity index (χ4n) is 6.11. The minimum Gasteiger partial charge on any atom is -0.415 e. The van der Waals surface area contributed by atoms with Gasteiger partial charge in [0.2, 0.25) is 25.9 Å². The first kappa shape index (κ1) is 43.4. The van der Waals surface area contributed by atoms with E-state index in [9.17, 15) is 39.2 Å². The third kappa shape index (κ3) is 9.16. The normalized spacial score (nSPS) is 11.9. The number of sulfonamides is 2. The van der Waals surface area contributed by atoms with Crippen LogP contribution in [0.5, 0.6) is 0 Å². The highest BCUT2D eigenvalue weighted by atomic mass is 32.2. The number of halogens is 4. The largest absolute Gasteiger partial charge is 0.415 e. The van der Waals surface area contributed by atoms with E-state index < -0.39 is 44.0 Å². The Kier molecular flexibility index (Phi) is 12.7. The number of rotatable bonds is 14. The molecule has 7 rings (SSSR count). The molecule has 0 radical (unpaired) electrons. The molecule has 0 aliphatic heterocycles. The van der Waals surface area contributed by atoms with Gasteiger partial charge in [0, 0.05) is 47.1 Å². The number of carbonyl (C=O) groups is 1. The number of nitrogens with two attached hydrogens (primary N) is 1. The molecule has 4 aromatic carbocycles. The number of alkyl halides is 2. The Labute approximate surface area is 342 Å². The Hall–Kier alpha value is -6.19. The number of aromatic nitrogens is 6. The lowest BCUT2D eigenvalue weighted by atomic mass is 10.1. The Morgan fingerprint density at radius 1 is 0.733 bits per heavy atom. The van der Waals surface area contributed by atoms with Crippen LogP contribution in [0.4, 0.5) is 28.9 Å². The Morgan fingerprint density at radius 3 is 1.67 bits per heavy atom. The van der Waals surface area contributed by atoms with Gasteiger partial charge < -0.3 is 10.2 Å². The SMILES string of the molecule is CCS(=O)(=O)N(Cc1ccc(-c2nnc(C(F)F)o2)cc1F)c1ccc2cnn(C)c2c1.CCS(=O)(=O)N(Cc1ccc(C(=O)CN)cc1F)c1ccc2cnn(C)c2c1. The van der Waals surface area contributed by atoms with Crippen molar-refractivity contribution < 1.29 is 43.6 Å². The van der Waals surface area contributed by atoms with Crippen LogP contribution >= 0.6 is 0 Å². The van der Waals surface area contributed by atoms with Gasteiger partial charge in [0.1, 0.15) is 11.6 Å². The number of nitrogens with zero attached hydrogens (tertiary/aromatic N) is 8. The van der Waals surface area contributed by atoms with Gasteiger partial charge in [-0.25, -0.2) is 25.6 Å². The van der Waals surface area contributed by atoms with Gasteiger partial charge >= 0.3 is 6.43 Å². The highest BCUT2D eigenvalue weighted by Crippen LogP contribution is 2.30. The van der Waals surface area contributed by atoms with Crippen LogP contribution in [0.3, 0.4) is 0 Å². The molecule has 0 saturated heterocycles. The topological polar surface area (TPSA) is 192 Å². The van der Waals surface area contributed by atoms with E-state index in [-0.39, 0.29) is 65.1 Å². The molecule has 0 saturated carbocycles. The maximum Gasteiger partial charge on any atom is 0.314 e. The number of carbonyl (C=O) groups excluding carboxylic acids is 1. The van der Waals surface area contributed by atoms with Gasteiger partial charge in [-0.1, -0.05) is 18.2 Å². The molecule has 15 nitrogen and oxygen atoms in total. The second-order valence-corrected chi connectivity index (χ2v) is 17.7. The van der Waals surface area contributed by atoms with Crippen LogP contribution in [0.2, 0.25) is 0 Å². The molecular formula is C39H39F4N9O6S2. The summed E-state index contributed by atoms with van der Waals surface area (Å²) in [5, 5.41) is 16.7. The number of hydrogen-bond donors (Lipinski definition) is 1. The molecule has 0 bridgehead atoms. The molecule has 0 aliphatic rings. The Balaban J connectivity index is 0.000000203. The molecule has 0 amide bonds. The minimum atomic E-state index is -3.75. The van der Waals surface area contributed by atoms with Gasteiger partial charge in [0.25, 0.3) is 5.89 Å². The number of benzene rings is 4. The van der Waals surface area contributed by atoms with Crippen molar-refractivity contribution in [1.29, 1.82) is 0 Å². The maximum absolute atomic E-state index is 14.9. The van der Waals surface area contributed by atoms with Crippen LogP contribution in [-0.4, -0.2) is 70.4 Å². The van der Waals surface area contributed by atoms with E-state index in [4.69, 9.17) is 10.2 Å². The maximum atomic E-state index is 14.9. The first-order valence-electron chi connectivity index (χ1n) is 18.2. The van der Waals surface area contributed by atoms with Gasteiger partial charge in [-0.3, -0.25) is 22.8 Å². The lowest BCUT2D eigenvalue weighted by Gasteiger charge is -2.24. The number of hydrogen-bond acceptors (Lipinski definition) is 11. The summed E-state index contributed by atoms with van der Waals surface area (Å²) in [6.45, 7) is 2.35. The molecule has 7 aromatic rings. The molecule has 21 heteroatoms. The van der Waals surface area contributed by atoms with E-state index in [1.165, 1.54) is 42.4 Å². The lowest BCUT2D eigenvalue weighted by Crippen LogP contribution is -2.32. The van der Waals surface area contributed by atoms with Gasteiger partial charge in [0.15, 0.2) is 5.78 Å². The number of anilines is 2. The monoisotopic (exact) mass is 869 g/mol. The first-order valence-corrected chi connectivity index (χ1v) is 21.4. The third-order valence-electron chi connectivity index (χ3n) is 9.56. The van der Waals surface area contributed by atoms with Crippen molar-refractivity contribution in [2.24, 2.45) is 19.8 Å². The van der Waals surface area contributed by atoms with E-state index in [1.807, 2.05) is 0 Å². The molecule has 3 aromatic heterocycles. The summed E-state index contributed by atoms with van der Waals surface area (Å²) in [4.78, 5) is 11.7. The standard InChI is InChI=1S/C20H18F3N5O3S.C19H21FN4O3S/c1-3-32(29,30)28(15-7-6-13-10-24-27(2)17(13)9-15)11-14-5-4-12(8-16(14)21)19-25-26-20(31-19)18(22)23;1-3-28(26,27)24(16-7-6-14-11-22-23(2)18(14)9-16)12-15-5-4-13(8-17(15)20)19(25)10-21/h4-10,18H,3,11H2,1-2H3;4-9,11H,3,10,12,21H2,1-2H3. The fourth-order valence-corrected chi connectivity index (χ4v) is 8.28. The van der Waals surface area contributed by atoms with E-state index in [0.29, 0.717) is 11.4 Å². The number of fused-ring (bicyclic) bond motifs is 2. The predicted octanol–water partition coefficient (Wildman–Crippen LogP) is 6.27.